The topological polar surface area (TPSA) is 20.3 Å². The molecule has 3 aliphatic rings. The Morgan fingerprint density at radius 3 is 2.38 bits per heavy atom. The van der Waals surface area contributed by atoms with Gasteiger partial charge in [0.15, 0.2) is 5.78 Å². The van der Waals surface area contributed by atoms with Gasteiger partial charge in [-0.3, -0.25) is 9.69 Å². The van der Waals surface area contributed by atoms with Gasteiger partial charge >= 0.3 is 0 Å². The Morgan fingerprint density at radius 2 is 1.88 bits per heavy atom. The van der Waals surface area contributed by atoms with Crippen molar-refractivity contribution in [2.45, 2.75) is 57.9 Å². The van der Waals surface area contributed by atoms with Gasteiger partial charge in [0, 0.05) is 6.42 Å². The lowest BCUT2D eigenvalue weighted by molar-refractivity contribution is -0.133. The molecule has 0 aromatic rings. The van der Waals surface area contributed by atoms with Crippen molar-refractivity contribution >= 4 is 5.78 Å². The van der Waals surface area contributed by atoms with E-state index in [4.69, 9.17) is 0 Å². The van der Waals surface area contributed by atoms with Gasteiger partial charge < -0.3 is 0 Å². The molecule has 0 aromatic carbocycles. The number of hydrogen-bond donors (Lipinski definition) is 0. The second-order valence-corrected chi connectivity index (χ2v) is 6.49. The zero-order valence-corrected chi connectivity index (χ0v) is 10.6. The van der Waals surface area contributed by atoms with E-state index in [1.54, 1.807) is 0 Å². The van der Waals surface area contributed by atoms with Gasteiger partial charge in [-0.25, -0.2) is 0 Å². The molecular formula is C14H23NO. The second kappa shape index (κ2) is 3.32. The van der Waals surface area contributed by atoms with E-state index in [-0.39, 0.29) is 11.0 Å². The minimum atomic E-state index is -0.0713. The van der Waals surface area contributed by atoms with Crippen LogP contribution in [0.2, 0.25) is 0 Å². The van der Waals surface area contributed by atoms with Gasteiger partial charge in [0.1, 0.15) is 0 Å². The molecule has 90 valence electrons. The van der Waals surface area contributed by atoms with Gasteiger partial charge in [-0.15, -0.1) is 0 Å². The molecule has 1 aliphatic heterocycles. The molecule has 1 heterocycles. The highest BCUT2D eigenvalue weighted by Crippen LogP contribution is 2.61. The third-order valence-corrected chi connectivity index (χ3v) is 5.73. The van der Waals surface area contributed by atoms with Crippen molar-refractivity contribution < 1.29 is 4.79 Å². The molecule has 2 nitrogen and oxygen atoms in total. The first-order valence-corrected chi connectivity index (χ1v) is 6.87. The van der Waals surface area contributed by atoms with Crippen LogP contribution in [0.5, 0.6) is 0 Å². The summed E-state index contributed by atoms with van der Waals surface area (Å²) in [6.45, 7) is 6.98. The fourth-order valence-corrected chi connectivity index (χ4v) is 4.67. The zero-order valence-electron chi connectivity index (χ0n) is 10.6. The summed E-state index contributed by atoms with van der Waals surface area (Å²) in [6, 6.07) is 0. The van der Waals surface area contributed by atoms with Crippen LogP contribution in [-0.4, -0.2) is 29.3 Å². The summed E-state index contributed by atoms with van der Waals surface area (Å²) >= 11 is 0. The van der Waals surface area contributed by atoms with Crippen molar-refractivity contribution in [3.8, 4) is 0 Å². The predicted molar refractivity (Wildman–Crippen MR) is 64.3 cm³/mol. The highest BCUT2D eigenvalue weighted by molar-refractivity contribution is 5.93. The van der Waals surface area contributed by atoms with Crippen molar-refractivity contribution in [3.05, 3.63) is 0 Å². The predicted octanol–water partition coefficient (Wildman–Crippen LogP) is 2.62. The van der Waals surface area contributed by atoms with E-state index in [1.165, 1.54) is 25.7 Å². The van der Waals surface area contributed by atoms with Crippen molar-refractivity contribution in [1.29, 1.82) is 0 Å². The number of carbonyl (C=O) groups excluding carboxylic acids is 1. The van der Waals surface area contributed by atoms with E-state index in [1.807, 2.05) is 0 Å². The van der Waals surface area contributed by atoms with Gasteiger partial charge in [0.25, 0.3) is 0 Å². The number of piperidine rings is 1. The number of hydrogen-bond acceptors (Lipinski definition) is 2. The monoisotopic (exact) mass is 221 g/mol. The van der Waals surface area contributed by atoms with Crippen molar-refractivity contribution in [1.82, 2.24) is 4.90 Å². The maximum absolute atomic E-state index is 12.4. The molecule has 2 saturated carbocycles. The van der Waals surface area contributed by atoms with E-state index in [0.717, 1.165) is 25.9 Å². The molecule has 0 radical (unpaired) electrons. The number of carbonyl (C=O) groups is 1. The Bertz CT molecular complexity index is 317. The van der Waals surface area contributed by atoms with E-state index in [0.29, 0.717) is 11.7 Å². The third kappa shape index (κ3) is 1.09. The van der Waals surface area contributed by atoms with Crippen LogP contribution in [0.25, 0.3) is 0 Å². The summed E-state index contributed by atoms with van der Waals surface area (Å²) in [5, 5.41) is 0. The lowest BCUT2D eigenvalue weighted by Gasteiger charge is -2.47. The Morgan fingerprint density at radius 1 is 1.19 bits per heavy atom. The van der Waals surface area contributed by atoms with Crippen LogP contribution in [0, 0.1) is 11.3 Å². The van der Waals surface area contributed by atoms with Gasteiger partial charge in [-0.1, -0.05) is 20.3 Å². The second-order valence-electron chi connectivity index (χ2n) is 6.49. The van der Waals surface area contributed by atoms with Crippen LogP contribution in [0.1, 0.15) is 52.4 Å². The first-order valence-electron chi connectivity index (χ1n) is 6.87. The molecule has 3 rings (SSSR count). The highest BCUT2D eigenvalue weighted by atomic mass is 16.1. The summed E-state index contributed by atoms with van der Waals surface area (Å²) in [7, 11) is 0. The summed E-state index contributed by atoms with van der Waals surface area (Å²) in [4.78, 5) is 15.0. The fraction of sp³-hybridized carbons (Fsp3) is 0.929. The molecule has 2 unspecified atom stereocenters. The number of likely N-dealkylation sites (tertiary alicyclic amines) is 1. The normalized spacial score (nSPS) is 42.9. The van der Waals surface area contributed by atoms with Crippen molar-refractivity contribution in [2.75, 3.05) is 13.1 Å². The standard InChI is InChI=1S/C14H23NO/c1-13(2)11-6-7-14(13,12(16)10-11)15-8-4-3-5-9-15/h11H,3-10H2,1-2H3. The van der Waals surface area contributed by atoms with Gasteiger partial charge in [0.2, 0.25) is 0 Å². The average molecular weight is 221 g/mol. The fourth-order valence-electron chi connectivity index (χ4n) is 4.67. The first-order chi connectivity index (χ1) is 7.59. The van der Waals surface area contributed by atoms with E-state index < -0.39 is 0 Å². The molecule has 0 N–H and O–H groups in total. The van der Waals surface area contributed by atoms with Crippen LogP contribution in [0.15, 0.2) is 0 Å². The quantitative estimate of drug-likeness (QED) is 0.678. The number of Topliss-reactive ketones (excluding diaryl/α,β-unsaturated/α-hetero) is 1. The maximum atomic E-state index is 12.4. The molecular weight excluding hydrogens is 198 g/mol. The summed E-state index contributed by atoms with van der Waals surface area (Å²) in [5.41, 5.74) is 0.152. The Labute approximate surface area is 98.4 Å². The minimum Gasteiger partial charge on any atom is -0.298 e. The van der Waals surface area contributed by atoms with Crippen molar-refractivity contribution in [3.63, 3.8) is 0 Å². The molecule has 0 amide bonds. The van der Waals surface area contributed by atoms with E-state index >= 15 is 0 Å². The van der Waals surface area contributed by atoms with E-state index in [9.17, 15) is 4.79 Å². The molecule has 0 aromatic heterocycles. The van der Waals surface area contributed by atoms with Crippen LogP contribution in [0.3, 0.4) is 0 Å². The Balaban J connectivity index is 1.97. The lowest BCUT2D eigenvalue weighted by Crippen LogP contribution is -2.59. The van der Waals surface area contributed by atoms with Crippen LogP contribution in [0.4, 0.5) is 0 Å². The molecule has 0 spiro atoms. The van der Waals surface area contributed by atoms with Gasteiger partial charge in [-0.05, 0) is 50.1 Å². The lowest BCUT2D eigenvalue weighted by atomic mass is 9.74. The van der Waals surface area contributed by atoms with Gasteiger partial charge in [-0.2, -0.15) is 0 Å². The molecule has 2 atom stereocenters. The SMILES string of the molecule is CC1(C)C2CCC1(N1CCCCC1)C(=O)C2. The summed E-state index contributed by atoms with van der Waals surface area (Å²) in [5.74, 6) is 1.21. The van der Waals surface area contributed by atoms with Crippen molar-refractivity contribution in [2.24, 2.45) is 11.3 Å². The smallest absolute Gasteiger partial charge is 0.153 e. The van der Waals surface area contributed by atoms with E-state index in [2.05, 4.69) is 18.7 Å². The Hall–Kier alpha value is -0.370. The molecule has 1 saturated heterocycles. The number of ketones is 1. The molecule has 2 bridgehead atoms. The Kier molecular flexibility index (Phi) is 2.23. The van der Waals surface area contributed by atoms with Crippen LogP contribution in [-0.2, 0) is 4.79 Å². The van der Waals surface area contributed by atoms with Crippen LogP contribution >= 0.6 is 0 Å². The zero-order chi connectivity index (χ0) is 11.4. The highest BCUT2D eigenvalue weighted by Gasteiger charge is 2.66. The average Bonchev–Trinajstić information content (AvgIpc) is 2.64. The number of fused-ring (bicyclic) bond motifs is 2. The summed E-state index contributed by atoms with van der Waals surface area (Å²) in [6.07, 6.45) is 7.18. The van der Waals surface area contributed by atoms with Gasteiger partial charge in [0.05, 0.1) is 5.54 Å². The summed E-state index contributed by atoms with van der Waals surface area (Å²) < 4.78 is 0. The molecule has 2 aliphatic carbocycles. The van der Waals surface area contributed by atoms with Crippen LogP contribution < -0.4 is 0 Å². The molecule has 16 heavy (non-hydrogen) atoms. The first kappa shape index (κ1) is 10.8. The maximum Gasteiger partial charge on any atom is 0.153 e. The number of rotatable bonds is 1. The largest absolute Gasteiger partial charge is 0.298 e. The molecule has 2 heteroatoms. The minimum absolute atomic E-state index is 0.0713. The molecule has 3 fully saturated rings. The third-order valence-electron chi connectivity index (χ3n) is 5.73. The number of nitrogens with zero attached hydrogens (tertiary/aromatic N) is 1.